The molecule has 0 aliphatic carbocycles. The fourth-order valence-corrected chi connectivity index (χ4v) is 2.72. The highest BCUT2D eigenvalue weighted by Gasteiger charge is 2.44. The van der Waals surface area contributed by atoms with E-state index >= 15 is 0 Å². The maximum Gasteiger partial charge on any atom is 0.454 e. The van der Waals surface area contributed by atoms with Gasteiger partial charge in [-0.1, -0.05) is 30.3 Å². The molecule has 0 fully saturated rings. The molecule has 0 saturated carbocycles. The second-order valence-corrected chi connectivity index (χ2v) is 5.69. The number of alkyl halides is 6. The monoisotopic (exact) mass is 389 g/mol. The number of rotatable bonds is 5. The second kappa shape index (κ2) is 7.05. The topological polar surface area (TPSA) is 37.4 Å². The van der Waals surface area contributed by atoms with Gasteiger partial charge < -0.3 is 4.90 Å². The second-order valence-electron chi connectivity index (χ2n) is 5.69. The van der Waals surface area contributed by atoms with Crippen molar-refractivity contribution >= 4 is 28.0 Å². The molecule has 0 spiro atoms. The molecule has 0 radical (unpaired) electrons. The van der Waals surface area contributed by atoms with Crippen molar-refractivity contribution in [2.75, 3.05) is 18.5 Å². The van der Waals surface area contributed by atoms with Gasteiger partial charge in [0.25, 0.3) is 11.6 Å². The summed E-state index contributed by atoms with van der Waals surface area (Å²) < 4.78 is 77.9. The first-order chi connectivity index (χ1) is 12.4. The molecule has 2 aromatic carbocycles. The number of hydrogen-bond donors (Lipinski definition) is 0. The molecule has 3 nitrogen and oxygen atoms in total. The molecule has 2 aromatic rings. The van der Waals surface area contributed by atoms with Gasteiger partial charge in [-0.2, -0.15) is 26.3 Å². The molecule has 2 rings (SSSR count). The molecule has 0 N–H and O–H groups in total. The molecule has 144 valence electrons. The van der Waals surface area contributed by atoms with Crippen LogP contribution in [-0.2, 0) is 0 Å². The van der Waals surface area contributed by atoms with E-state index in [1.807, 2.05) is 0 Å². The van der Waals surface area contributed by atoms with Crippen LogP contribution in [0.25, 0.3) is 10.8 Å². The van der Waals surface area contributed by atoms with Gasteiger partial charge in [0, 0.05) is 24.5 Å². The number of halogens is 6. The summed E-state index contributed by atoms with van der Waals surface area (Å²) in [7, 11) is 1.36. The smallest absolute Gasteiger partial charge is 0.370 e. The third-order valence-corrected chi connectivity index (χ3v) is 3.81. The number of hydrogen-bond acceptors (Lipinski definition) is 3. The average molecular weight is 389 g/mol. The van der Waals surface area contributed by atoms with E-state index in [1.165, 1.54) is 42.3 Å². The van der Waals surface area contributed by atoms with Crippen molar-refractivity contribution in [1.29, 1.82) is 0 Å². The standard InChI is InChI=1S/C18H13F6NO2/c1-3-8-25(2)14-11-7-5-4-6-10(11)12(15(26)17(19,20)21)9-13(14)16(27)18(22,23)24/h3-7,9H,1,8H2,2H3. The number of benzene rings is 2. The molecule has 0 unspecified atom stereocenters. The zero-order valence-electron chi connectivity index (χ0n) is 13.9. The molecule has 0 heterocycles. The van der Waals surface area contributed by atoms with Crippen molar-refractivity contribution in [3.8, 4) is 0 Å². The Hall–Kier alpha value is -2.84. The SMILES string of the molecule is C=CCN(C)c1c(C(=O)C(F)(F)F)cc(C(=O)C(F)(F)F)c2ccccc12. The molecule has 27 heavy (non-hydrogen) atoms. The third-order valence-electron chi connectivity index (χ3n) is 3.81. The molecule has 0 atom stereocenters. The Balaban J connectivity index is 2.96. The van der Waals surface area contributed by atoms with Crippen LogP contribution in [0.1, 0.15) is 20.7 Å². The van der Waals surface area contributed by atoms with E-state index in [4.69, 9.17) is 0 Å². The average Bonchev–Trinajstić information content (AvgIpc) is 2.57. The quantitative estimate of drug-likeness (QED) is 0.413. The molecular weight excluding hydrogens is 376 g/mol. The summed E-state index contributed by atoms with van der Waals surface area (Å²) in [6.07, 6.45) is -9.29. The van der Waals surface area contributed by atoms with Gasteiger partial charge in [-0.3, -0.25) is 9.59 Å². The lowest BCUT2D eigenvalue weighted by Crippen LogP contribution is -2.29. The minimum atomic E-state index is -5.33. The normalized spacial score (nSPS) is 12.1. The lowest BCUT2D eigenvalue weighted by atomic mass is 9.93. The summed E-state index contributed by atoms with van der Waals surface area (Å²) in [5.74, 6) is -4.66. The van der Waals surface area contributed by atoms with Crippen molar-refractivity contribution in [2.45, 2.75) is 12.4 Å². The number of fused-ring (bicyclic) bond motifs is 1. The van der Waals surface area contributed by atoms with Crippen molar-refractivity contribution in [3.05, 3.63) is 54.1 Å². The Kier molecular flexibility index (Phi) is 5.35. The fourth-order valence-electron chi connectivity index (χ4n) is 2.72. The van der Waals surface area contributed by atoms with E-state index in [9.17, 15) is 35.9 Å². The van der Waals surface area contributed by atoms with Gasteiger partial charge in [0.05, 0.1) is 11.3 Å². The number of ketones is 2. The van der Waals surface area contributed by atoms with E-state index < -0.39 is 35.0 Å². The van der Waals surface area contributed by atoms with Gasteiger partial charge in [0.15, 0.2) is 0 Å². The van der Waals surface area contributed by atoms with E-state index in [2.05, 4.69) is 6.58 Å². The van der Waals surface area contributed by atoms with Gasteiger partial charge in [-0.15, -0.1) is 6.58 Å². The molecule has 9 heteroatoms. The Morgan fingerprint density at radius 2 is 1.44 bits per heavy atom. The molecule has 0 aromatic heterocycles. The molecule has 0 aliphatic heterocycles. The predicted octanol–water partition coefficient (Wildman–Crippen LogP) is 4.95. The van der Waals surface area contributed by atoms with Crippen LogP contribution in [0.4, 0.5) is 32.0 Å². The summed E-state index contributed by atoms with van der Waals surface area (Å²) in [4.78, 5) is 24.9. The Bertz CT molecular complexity index is 914. The molecular formula is C18H13F6NO2. The highest BCUT2D eigenvalue weighted by Crippen LogP contribution is 2.38. The first-order valence-corrected chi connectivity index (χ1v) is 7.50. The van der Waals surface area contributed by atoms with Crippen LogP contribution in [0, 0.1) is 0 Å². The number of nitrogens with zero attached hydrogens (tertiary/aromatic N) is 1. The molecule has 0 saturated heterocycles. The van der Waals surface area contributed by atoms with Gasteiger partial charge in [0.1, 0.15) is 0 Å². The zero-order valence-corrected chi connectivity index (χ0v) is 13.9. The molecule has 0 amide bonds. The summed E-state index contributed by atoms with van der Waals surface area (Å²) in [6.45, 7) is 3.48. The van der Waals surface area contributed by atoms with Crippen LogP contribution in [0.15, 0.2) is 43.0 Å². The Morgan fingerprint density at radius 1 is 0.963 bits per heavy atom. The lowest BCUT2D eigenvalue weighted by molar-refractivity contribution is -0.0886. The maximum atomic E-state index is 13.0. The number of carbonyl (C=O) groups excluding carboxylic acids is 2. The number of Topliss-reactive ketones (excluding diaryl/α,β-unsaturated/α-hetero) is 2. The van der Waals surface area contributed by atoms with Crippen molar-refractivity contribution in [1.82, 2.24) is 0 Å². The molecule has 0 aliphatic rings. The van der Waals surface area contributed by atoms with Gasteiger partial charge in [-0.25, -0.2) is 0 Å². The first kappa shape index (κ1) is 20.5. The van der Waals surface area contributed by atoms with Gasteiger partial charge >= 0.3 is 12.4 Å². The van der Waals surface area contributed by atoms with Crippen LogP contribution < -0.4 is 4.90 Å². The van der Waals surface area contributed by atoms with Gasteiger partial charge in [0.2, 0.25) is 0 Å². The molecule has 0 bridgehead atoms. The number of likely N-dealkylation sites (N-methyl/N-ethyl adjacent to an activating group) is 1. The summed E-state index contributed by atoms with van der Waals surface area (Å²) in [5, 5.41) is -0.283. The van der Waals surface area contributed by atoms with Crippen LogP contribution in [0.5, 0.6) is 0 Å². The minimum absolute atomic E-state index is 0.0225. The Morgan fingerprint density at radius 3 is 1.93 bits per heavy atom. The van der Waals surface area contributed by atoms with Gasteiger partial charge in [-0.05, 0) is 11.5 Å². The fraction of sp³-hybridized carbons (Fsp3) is 0.222. The van der Waals surface area contributed by atoms with Crippen LogP contribution >= 0.6 is 0 Å². The highest BCUT2D eigenvalue weighted by atomic mass is 19.4. The summed E-state index contributed by atoms with van der Waals surface area (Å²) in [6, 6.07) is 5.53. The van der Waals surface area contributed by atoms with Crippen molar-refractivity contribution in [2.24, 2.45) is 0 Å². The Labute approximate surface area is 149 Å². The van der Waals surface area contributed by atoms with E-state index in [-0.39, 0.29) is 23.0 Å². The van der Waals surface area contributed by atoms with Crippen LogP contribution in [0.3, 0.4) is 0 Å². The maximum absolute atomic E-state index is 13.0. The number of carbonyl (C=O) groups is 2. The third kappa shape index (κ3) is 3.96. The van der Waals surface area contributed by atoms with Crippen LogP contribution in [-0.4, -0.2) is 37.5 Å². The van der Waals surface area contributed by atoms with Crippen LogP contribution in [0.2, 0.25) is 0 Å². The van der Waals surface area contributed by atoms with Crippen molar-refractivity contribution in [3.63, 3.8) is 0 Å². The first-order valence-electron chi connectivity index (χ1n) is 7.50. The van der Waals surface area contributed by atoms with Crippen molar-refractivity contribution < 1.29 is 35.9 Å². The predicted molar refractivity (Wildman–Crippen MR) is 88.2 cm³/mol. The summed E-state index contributed by atoms with van der Waals surface area (Å²) >= 11 is 0. The number of anilines is 1. The zero-order chi connectivity index (χ0) is 20.6. The minimum Gasteiger partial charge on any atom is -0.370 e. The van der Waals surface area contributed by atoms with E-state index in [1.54, 1.807) is 0 Å². The van der Waals surface area contributed by atoms with E-state index in [0.717, 1.165) is 0 Å². The highest BCUT2D eigenvalue weighted by molar-refractivity contribution is 6.19. The largest absolute Gasteiger partial charge is 0.454 e. The lowest BCUT2D eigenvalue weighted by Gasteiger charge is -2.24. The van der Waals surface area contributed by atoms with E-state index in [0.29, 0.717) is 6.07 Å². The summed E-state index contributed by atoms with van der Waals surface area (Å²) in [5.41, 5.74) is -2.27.